The van der Waals surface area contributed by atoms with Crippen molar-refractivity contribution in [3.63, 3.8) is 0 Å². The van der Waals surface area contributed by atoms with Crippen molar-refractivity contribution in [3.8, 4) is 0 Å². The summed E-state index contributed by atoms with van der Waals surface area (Å²) in [7, 11) is 0. The summed E-state index contributed by atoms with van der Waals surface area (Å²) < 4.78 is 57.6. The summed E-state index contributed by atoms with van der Waals surface area (Å²) in [6.07, 6.45) is -6.88. The van der Waals surface area contributed by atoms with Crippen molar-refractivity contribution in [2.24, 2.45) is 11.7 Å². The Balaban J connectivity index is 2.46. The highest BCUT2D eigenvalue weighted by atomic mass is 79.9. The molecule has 3 N–H and O–H groups in total. The lowest BCUT2D eigenvalue weighted by Gasteiger charge is -2.31. The highest BCUT2D eigenvalue weighted by Gasteiger charge is 2.58. The van der Waals surface area contributed by atoms with Gasteiger partial charge in [0.25, 0.3) is 0 Å². The number of ether oxygens (including phenoxy) is 1. The van der Waals surface area contributed by atoms with Crippen LogP contribution in [0.5, 0.6) is 0 Å². The molecule has 1 fully saturated rings. The largest absolute Gasteiger partial charge is 0.415 e. The van der Waals surface area contributed by atoms with Crippen molar-refractivity contribution in [2.45, 2.75) is 17.8 Å². The van der Waals surface area contributed by atoms with E-state index in [-0.39, 0.29) is 5.56 Å². The van der Waals surface area contributed by atoms with Gasteiger partial charge in [0.15, 0.2) is 6.10 Å². The van der Waals surface area contributed by atoms with E-state index in [4.69, 9.17) is 10.5 Å². The van der Waals surface area contributed by atoms with Crippen LogP contribution in [0.3, 0.4) is 0 Å². The third kappa shape index (κ3) is 2.57. The molecule has 0 saturated carbocycles. The summed E-state index contributed by atoms with van der Waals surface area (Å²) in [5.41, 5.74) is 4.10. The van der Waals surface area contributed by atoms with Gasteiger partial charge in [-0.15, -0.1) is 0 Å². The first-order valence-corrected chi connectivity index (χ1v) is 6.53. The molecule has 0 amide bonds. The normalized spacial score (nSPS) is 30.8. The molecular formula is C12H12BrF4NO2. The Morgan fingerprint density at radius 3 is 2.65 bits per heavy atom. The molecule has 0 aromatic heterocycles. The summed E-state index contributed by atoms with van der Waals surface area (Å²) in [6.45, 7) is -1.37. The molecular weight excluding hydrogens is 346 g/mol. The predicted molar refractivity (Wildman–Crippen MR) is 66.3 cm³/mol. The molecule has 1 aromatic rings. The zero-order valence-corrected chi connectivity index (χ0v) is 11.7. The van der Waals surface area contributed by atoms with Gasteiger partial charge in [0.2, 0.25) is 0 Å². The van der Waals surface area contributed by atoms with E-state index in [1.165, 1.54) is 12.1 Å². The molecule has 20 heavy (non-hydrogen) atoms. The highest BCUT2D eigenvalue weighted by Crippen LogP contribution is 2.44. The van der Waals surface area contributed by atoms with E-state index < -0.39 is 42.8 Å². The van der Waals surface area contributed by atoms with Gasteiger partial charge in [-0.3, -0.25) is 0 Å². The third-order valence-corrected chi connectivity index (χ3v) is 3.97. The van der Waals surface area contributed by atoms with E-state index in [9.17, 15) is 22.7 Å². The summed E-state index contributed by atoms with van der Waals surface area (Å²) in [4.78, 5) is 0. The van der Waals surface area contributed by atoms with Crippen LogP contribution < -0.4 is 5.73 Å². The molecule has 8 heteroatoms. The lowest BCUT2D eigenvalue weighted by molar-refractivity contribution is -0.219. The Bertz CT molecular complexity index is 511. The summed E-state index contributed by atoms with van der Waals surface area (Å²) in [5, 5.41) is 9.26. The second kappa shape index (κ2) is 5.25. The highest BCUT2D eigenvalue weighted by molar-refractivity contribution is 9.10. The number of halogens is 5. The number of hydrogen-bond donors (Lipinski definition) is 2. The van der Waals surface area contributed by atoms with Crippen molar-refractivity contribution in [2.75, 3.05) is 13.2 Å². The molecule has 1 aromatic carbocycles. The minimum atomic E-state index is -4.67. The van der Waals surface area contributed by atoms with Gasteiger partial charge in [0.05, 0.1) is 18.8 Å². The van der Waals surface area contributed by atoms with Gasteiger partial charge in [-0.05, 0) is 18.2 Å². The van der Waals surface area contributed by atoms with Crippen LogP contribution in [0.1, 0.15) is 5.56 Å². The molecule has 1 aliphatic rings. The van der Waals surface area contributed by atoms with Crippen molar-refractivity contribution in [1.29, 1.82) is 0 Å². The van der Waals surface area contributed by atoms with Crippen molar-refractivity contribution < 1.29 is 27.4 Å². The summed E-state index contributed by atoms with van der Waals surface area (Å²) in [5.74, 6) is -2.20. The smallest absolute Gasteiger partial charge is 0.396 e. The molecule has 3 unspecified atom stereocenters. The van der Waals surface area contributed by atoms with Crippen LogP contribution in [-0.4, -0.2) is 30.6 Å². The van der Waals surface area contributed by atoms with Gasteiger partial charge in [-0.1, -0.05) is 15.9 Å². The van der Waals surface area contributed by atoms with Crippen LogP contribution in [-0.2, 0) is 10.3 Å². The topological polar surface area (TPSA) is 55.5 Å². The first-order chi connectivity index (χ1) is 9.20. The Labute approximate surface area is 120 Å². The number of rotatable bonds is 2. The predicted octanol–water partition coefficient (Wildman–Crippen LogP) is 2.31. The first-order valence-electron chi connectivity index (χ1n) is 5.73. The third-order valence-electron chi connectivity index (χ3n) is 3.48. The second-order valence-corrected chi connectivity index (χ2v) is 5.64. The zero-order chi connectivity index (χ0) is 15.1. The quantitative estimate of drug-likeness (QED) is 0.798. The number of benzene rings is 1. The van der Waals surface area contributed by atoms with Crippen molar-refractivity contribution in [1.82, 2.24) is 0 Å². The van der Waals surface area contributed by atoms with Crippen LogP contribution in [0, 0.1) is 11.7 Å². The minimum absolute atomic E-state index is 0.113. The first kappa shape index (κ1) is 15.7. The number of hydrogen-bond acceptors (Lipinski definition) is 3. The standard InChI is InChI=1S/C12H12BrF4NO2/c13-6-1-2-9(14)7(3-6)11(18)5-20-10(8(11)4-19)12(15,16)17/h1-3,8,10,19H,4-5,18H2. The Morgan fingerprint density at radius 1 is 1.45 bits per heavy atom. The SMILES string of the molecule is NC1(c2cc(Br)ccc2F)COC(C(F)(F)F)C1CO. The molecule has 3 nitrogen and oxygen atoms in total. The maximum Gasteiger partial charge on any atom is 0.415 e. The molecule has 1 aliphatic heterocycles. The maximum absolute atomic E-state index is 13.9. The minimum Gasteiger partial charge on any atom is -0.396 e. The Hall–Kier alpha value is -0.700. The molecule has 0 spiro atoms. The van der Waals surface area contributed by atoms with Gasteiger partial charge in [-0.25, -0.2) is 4.39 Å². The van der Waals surface area contributed by atoms with Gasteiger partial charge in [0, 0.05) is 16.0 Å². The monoisotopic (exact) mass is 357 g/mol. The van der Waals surface area contributed by atoms with E-state index in [1.54, 1.807) is 0 Å². The number of aliphatic hydroxyl groups excluding tert-OH is 1. The van der Waals surface area contributed by atoms with Gasteiger partial charge < -0.3 is 15.6 Å². The van der Waals surface area contributed by atoms with Gasteiger partial charge in [-0.2, -0.15) is 13.2 Å². The lowest BCUT2D eigenvalue weighted by atomic mass is 9.78. The van der Waals surface area contributed by atoms with Crippen LogP contribution in [0.2, 0.25) is 0 Å². The zero-order valence-electron chi connectivity index (χ0n) is 10.1. The molecule has 0 radical (unpaired) electrons. The average molecular weight is 358 g/mol. The summed E-state index contributed by atoms with van der Waals surface area (Å²) >= 11 is 3.12. The fraction of sp³-hybridized carbons (Fsp3) is 0.500. The molecule has 3 atom stereocenters. The maximum atomic E-state index is 13.9. The van der Waals surface area contributed by atoms with Gasteiger partial charge in [0.1, 0.15) is 5.82 Å². The van der Waals surface area contributed by atoms with E-state index in [1.807, 2.05) is 0 Å². The fourth-order valence-corrected chi connectivity index (χ4v) is 2.79. The molecule has 112 valence electrons. The van der Waals surface area contributed by atoms with Crippen molar-refractivity contribution in [3.05, 3.63) is 34.1 Å². The number of alkyl halides is 3. The van der Waals surface area contributed by atoms with E-state index >= 15 is 0 Å². The van der Waals surface area contributed by atoms with Gasteiger partial charge >= 0.3 is 6.18 Å². The fourth-order valence-electron chi connectivity index (χ4n) is 2.43. The number of nitrogens with two attached hydrogens (primary N) is 1. The van der Waals surface area contributed by atoms with Crippen LogP contribution in [0.25, 0.3) is 0 Å². The van der Waals surface area contributed by atoms with E-state index in [2.05, 4.69) is 15.9 Å². The lowest BCUT2D eigenvalue weighted by Crippen LogP contribution is -2.50. The molecule has 1 heterocycles. The number of aliphatic hydroxyl groups is 1. The van der Waals surface area contributed by atoms with Crippen LogP contribution in [0.4, 0.5) is 17.6 Å². The second-order valence-electron chi connectivity index (χ2n) is 4.73. The van der Waals surface area contributed by atoms with E-state index in [0.29, 0.717) is 4.47 Å². The van der Waals surface area contributed by atoms with Crippen molar-refractivity contribution >= 4 is 15.9 Å². The Kier molecular flexibility index (Phi) is 4.12. The molecule has 0 bridgehead atoms. The average Bonchev–Trinajstić information content (AvgIpc) is 2.70. The molecule has 0 aliphatic carbocycles. The van der Waals surface area contributed by atoms with E-state index in [0.717, 1.165) is 6.07 Å². The molecule has 1 saturated heterocycles. The summed E-state index contributed by atoms with van der Waals surface area (Å²) in [6, 6.07) is 3.82. The van der Waals surface area contributed by atoms with Crippen LogP contribution in [0.15, 0.2) is 22.7 Å². The van der Waals surface area contributed by atoms with Crippen LogP contribution >= 0.6 is 15.9 Å². The Morgan fingerprint density at radius 2 is 2.10 bits per heavy atom. The molecule has 2 rings (SSSR count).